The molecule has 178 valence electrons. The van der Waals surface area contributed by atoms with Crippen LogP contribution in [0.1, 0.15) is 70.6 Å². The van der Waals surface area contributed by atoms with E-state index in [-0.39, 0.29) is 11.3 Å². The minimum atomic E-state index is -3.57. The van der Waals surface area contributed by atoms with E-state index in [9.17, 15) is 13.5 Å². The number of hydrogen-bond donors (Lipinski definition) is 1. The molecule has 0 aliphatic carbocycles. The highest BCUT2D eigenvalue weighted by Crippen LogP contribution is 2.41. The van der Waals surface area contributed by atoms with Gasteiger partial charge in [0.2, 0.25) is 0 Å². The summed E-state index contributed by atoms with van der Waals surface area (Å²) < 4.78 is 34.1. The Morgan fingerprint density at radius 1 is 0.969 bits per heavy atom. The lowest BCUT2D eigenvalue weighted by Crippen LogP contribution is -2.35. The molecular formula is C26H38O5S. The van der Waals surface area contributed by atoms with E-state index in [0.29, 0.717) is 18.8 Å². The average molecular weight is 463 g/mol. The van der Waals surface area contributed by atoms with Crippen LogP contribution in [0.2, 0.25) is 0 Å². The standard InChI is InChI=1S/C26H38O5S/c1-8-25(6,27)20(5)18-30-23-14-11-21(12-15-23)26(9-2,10-3)22-13-16-24(19(4)17-22)31-32(7,28)29/h11-17,20,27H,8-10,18H2,1-7H3. The molecule has 32 heavy (non-hydrogen) atoms. The Bertz CT molecular complexity index is 989. The summed E-state index contributed by atoms with van der Waals surface area (Å²) in [6, 6.07) is 13.9. The number of aryl methyl sites for hydroxylation is 1. The van der Waals surface area contributed by atoms with Crippen molar-refractivity contribution >= 4 is 10.1 Å². The predicted octanol–water partition coefficient (Wildman–Crippen LogP) is 5.62. The maximum atomic E-state index is 11.5. The first-order valence-electron chi connectivity index (χ1n) is 11.3. The minimum Gasteiger partial charge on any atom is -0.493 e. The fraction of sp³-hybridized carbons (Fsp3) is 0.538. The van der Waals surface area contributed by atoms with Crippen molar-refractivity contribution in [3.63, 3.8) is 0 Å². The molecule has 0 heterocycles. The Balaban J connectivity index is 2.29. The van der Waals surface area contributed by atoms with Gasteiger partial charge < -0.3 is 14.0 Å². The van der Waals surface area contributed by atoms with Crippen molar-refractivity contribution in [1.82, 2.24) is 0 Å². The molecule has 6 heteroatoms. The molecule has 0 saturated heterocycles. The molecule has 0 amide bonds. The second-order valence-corrected chi connectivity index (χ2v) is 10.6. The van der Waals surface area contributed by atoms with Crippen molar-refractivity contribution in [2.45, 2.75) is 71.8 Å². The molecule has 0 aromatic heterocycles. The Hall–Kier alpha value is -2.05. The molecule has 0 saturated carbocycles. The van der Waals surface area contributed by atoms with Crippen LogP contribution in [0, 0.1) is 12.8 Å². The third kappa shape index (κ3) is 6.04. The molecule has 2 aromatic carbocycles. The molecular weight excluding hydrogens is 424 g/mol. The van der Waals surface area contributed by atoms with Crippen LogP contribution in [0.25, 0.3) is 0 Å². The average Bonchev–Trinajstić information content (AvgIpc) is 2.75. The van der Waals surface area contributed by atoms with Crippen molar-refractivity contribution in [3.05, 3.63) is 59.2 Å². The number of aliphatic hydroxyl groups is 1. The monoisotopic (exact) mass is 462 g/mol. The topological polar surface area (TPSA) is 72.8 Å². The highest BCUT2D eigenvalue weighted by atomic mass is 32.2. The molecule has 1 N–H and O–H groups in total. The molecule has 2 unspecified atom stereocenters. The van der Waals surface area contributed by atoms with Crippen molar-refractivity contribution in [3.8, 4) is 11.5 Å². The normalized spacial score (nSPS) is 15.1. The van der Waals surface area contributed by atoms with Crippen LogP contribution in [-0.2, 0) is 15.5 Å². The van der Waals surface area contributed by atoms with E-state index >= 15 is 0 Å². The smallest absolute Gasteiger partial charge is 0.306 e. The van der Waals surface area contributed by atoms with E-state index in [1.807, 2.05) is 52.0 Å². The van der Waals surface area contributed by atoms with Crippen LogP contribution in [0.5, 0.6) is 11.5 Å². The van der Waals surface area contributed by atoms with Crippen molar-refractivity contribution in [1.29, 1.82) is 0 Å². The SMILES string of the molecule is CCC(CC)(c1ccc(OCC(C)C(C)(O)CC)cc1)c1ccc(OS(C)(=O)=O)c(C)c1. The number of benzene rings is 2. The summed E-state index contributed by atoms with van der Waals surface area (Å²) in [4.78, 5) is 0. The van der Waals surface area contributed by atoms with Gasteiger partial charge in [-0.3, -0.25) is 0 Å². The van der Waals surface area contributed by atoms with Gasteiger partial charge >= 0.3 is 10.1 Å². The number of ether oxygens (including phenoxy) is 1. The van der Waals surface area contributed by atoms with E-state index in [1.165, 1.54) is 5.56 Å². The van der Waals surface area contributed by atoms with E-state index < -0.39 is 15.7 Å². The summed E-state index contributed by atoms with van der Waals surface area (Å²) in [6.45, 7) is 12.5. The lowest BCUT2D eigenvalue weighted by atomic mass is 9.70. The second kappa shape index (κ2) is 10.3. The fourth-order valence-corrected chi connectivity index (χ4v) is 4.57. The molecule has 2 atom stereocenters. The first-order chi connectivity index (χ1) is 14.9. The molecule has 0 aliphatic rings. The molecule has 0 fully saturated rings. The Morgan fingerprint density at radius 2 is 1.53 bits per heavy atom. The Labute approximate surface area is 193 Å². The van der Waals surface area contributed by atoms with Gasteiger partial charge in [-0.2, -0.15) is 8.42 Å². The van der Waals surface area contributed by atoms with Gasteiger partial charge in [0.15, 0.2) is 0 Å². The summed E-state index contributed by atoms with van der Waals surface area (Å²) in [7, 11) is -3.57. The summed E-state index contributed by atoms with van der Waals surface area (Å²) in [5.41, 5.74) is 2.15. The zero-order chi connectivity index (χ0) is 24.2. The van der Waals surface area contributed by atoms with Gasteiger partial charge in [0, 0.05) is 11.3 Å². The van der Waals surface area contributed by atoms with Crippen LogP contribution in [-0.4, -0.2) is 32.0 Å². The molecule has 0 radical (unpaired) electrons. The van der Waals surface area contributed by atoms with E-state index in [0.717, 1.165) is 36.0 Å². The maximum Gasteiger partial charge on any atom is 0.306 e. The Kier molecular flexibility index (Phi) is 8.40. The van der Waals surface area contributed by atoms with E-state index in [4.69, 9.17) is 8.92 Å². The molecule has 0 bridgehead atoms. The van der Waals surface area contributed by atoms with Crippen molar-refractivity contribution < 1.29 is 22.4 Å². The first kappa shape index (κ1) is 26.2. The van der Waals surface area contributed by atoms with Gasteiger partial charge in [-0.05, 0) is 68.0 Å². The van der Waals surface area contributed by atoms with Gasteiger partial charge in [0.05, 0.1) is 18.5 Å². The van der Waals surface area contributed by atoms with E-state index in [1.54, 1.807) is 6.07 Å². The minimum absolute atomic E-state index is 0.0215. The number of rotatable bonds is 11. The second-order valence-electron chi connectivity index (χ2n) is 9.00. The van der Waals surface area contributed by atoms with Crippen LogP contribution in [0.3, 0.4) is 0 Å². The van der Waals surface area contributed by atoms with Crippen LogP contribution in [0.15, 0.2) is 42.5 Å². The molecule has 2 aromatic rings. The summed E-state index contributed by atoms with van der Waals surface area (Å²) in [5.74, 6) is 1.16. The van der Waals surface area contributed by atoms with E-state index in [2.05, 4.69) is 26.0 Å². The lowest BCUT2D eigenvalue weighted by Gasteiger charge is -2.34. The maximum absolute atomic E-state index is 11.5. The predicted molar refractivity (Wildman–Crippen MR) is 130 cm³/mol. The van der Waals surface area contributed by atoms with Gasteiger partial charge in [-0.15, -0.1) is 0 Å². The molecule has 0 spiro atoms. The van der Waals surface area contributed by atoms with Gasteiger partial charge in [0.1, 0.15) is 11.5 Å². The summed E-state index contributed by atoms with van der Waals surface area (Å²) in [6.07, 6.45) is 3.52. The largest absolute Gasteiger partial charge is 0.493 e. The fourth-order valence-electron chi connectivity index (χ4n) is 4.06. The van der Waals surface area contributed by atoms with Crippen LogP contribution in [0.4, 0.5) is 0 Å². The van der Waals surface area contributed by atoms with Crippen LogP contribution >= 0.6 is 0 Å². The summed E-state index contributed by atoms with van der Waals surface area (Å²) in [5, 5.41) is 10.4. The molecule has 2 rings (SSSR count). The first-order valence-corrected chi connectivity index (χ1v) is 13.2. The van der Waals surface area contributed by atoms with Crippen molar-refractivity contribution in [2.75, 3.05) is 12.9 Å². The third-order valence-electron chi connectivity index (χ3n) is 6.86. The quantitative estimate of drug-likeness (QED) is 0.439. The lowest BCUT2D eigenvalue weighted by molar-refractivity contribution is -0.0149. The number of hydrogen-bond acceptors (Lipinski definition) is 5. The van der Waals surface area contributed by atoms with Gasteiger partial charge in [-0.1, -0.05) is 52.0 Å². The molecule has 0 aliphatic heterocycles. The van der Waals surface area contributed by atoms with Crippen molar-refractivity contribution in [2.24, 2.45) is 5.92 Å². The molecule has 5 nitrogen and oxygen atoms in total. The van der Waals surface area contributed by atoms with Gasteiger partial charge in [-0.25, -0.2) is 0 Å². The Morgan fingerprint density at radius 3 is 2.00 bits per heavy atom. The summed E-state index contributed by atoms with van der Waals surface area (Å²) >= 11 is 0. The highest BCUT2D eigenvalue weighted by molar-refractivity contribution is 7.86. The third-order valence-corrected chi connectivity index (χ3v) is 7.34. The zero-order valence-corrected chi connectivity index (χ0v) is 21.3. The van der Waals surface area contributed by atoms with Gasteiger partial charge in [0.25, 0.3) is 0 Å². The van der Waals surface area contributed by atoms with Crippen LogP contribution < -0.4 is 8.92 Å². The highest BCUT2D eigenvalue weighted by Gasteiger charge is 2.31. The zero-order valence-electron chi connectivity index (χ0n) is 20.4.